The molecule has 0 radical (unpaired) electrons. The summed E-state index contributed by atoms with van der Waals surface area (Å²) in [6.07, 6.45) is 6.91. The van der Waals surface area contributed by atoms with Crippen molar-refractivity contribution in [1.29, 1.82) is 0 Å². The van der Waals surface area contributed by atoms with Crippen LogP contribution < -0.4 is 0 Å². The number of hydrogen-bond donors (Lipinski definition) is 1. The predicted octanol–water partition coefficient (Wildman–Crippen LogP) is 0.860. The topological polar surface area (TPSA) is 54.2 Å². The maximum atomic E-state index is 9.35. The zero-order valence-electron chi connectivity index (χ0n) is 11.8. The van der Waals surface area contributed by atoms with Crippen LogP contribution in [0.2, 0.25) is 0 Å². The molecule has 2 aliphatic heterocycles. The number of hydrogen-bond acceptors (Lipinski definition) is 4. The molecule has 1 N–H and O–H groups in total. The summed E-state index contributed by atoms with van der Waals surface area (Å²) in [6, 6.07) is 0.608. The largest absolute Gasteiger partial charge is 0.396 e. The Bertz CT molecular complexity index is 431. The van der Waals surface area contributed by atoms with Crippen molar-refractivity contribution in [2.24, 2.45) is 5.92 Å². The fraction of sp³-hybridized carbons (Fsp3) is 0.857. The number of likely N-dealkylation sites (tertiary alicyclic amines) is 1. The molecule has 3 rings (SSSR count). The molecule has 5 heteroatoms. The van der Waals surface area contributed by atoms with Crippen molar-refractivity contribution in [1.82, 2.24) is 19.7 Å². The van der Waals surface area contributed by atoms with Crippen LogP contribution in [0.25, 0.3) is 0 Å². The SMILES string of the molecule is CN1CCCCC1Cc1nnc2n1CC(CO)CC2. The van der Waals surface area contributed by atoms with E-state index < -0.39 is 0 Å². The minimum Gasteiger partial charge on any atom is -0.396 e. The van der Waals surface area contributed by atoms with E-state index in [9.17, 15) is 5.11 Å². The average molecular weight is 264 g/mol. The van der Waals surface area contributed by atoms with Crippen molar-refractivity contribution < 1.29 is 5.11 Å². The summed E-state index contributed by atoms with van der Waals surface area (Å²) >= 11 is 0. The summed E-state index contributed by atoms with van der Waals surface area (Å²) in [7, 11) is 2.22. The van der Waals surface area contributed by atoms with Gasteiger partial charge in [-0.2, -0.15) is 0 Å². The van der Waals surface area contributed by atoms with Crippen LogP contribution >= 0.6 is 0 Å². The molecule has 0 spiro atoms. The van der Waals surface area contributed by atoms with E-state index in [2.05, 4.69) is 26.7 Å². The fourth-order valence-electron chi connectivity index (χ4n) is 3.36. The lowest BCUT2D eigenvalue weighted by molar-refractivity contribution is 0.174. The summed E-state index contributed by atoms with van der Waals surface area (Å²) < 4.78 is 2.26. The van der Waals surface area contributed by atoms with Crippen molar-refractivity contribution in [3.63, 3.8) is 0 Å². The molecule has 0 bridgehead atoms. The third-order valence-corrected chi connectivity index (χ3v) is 4.72. The highest BCUT2D eigenvalue weighted by molar-refractivity contribution is 5.02. The van der Waals surface area contributed by atoms with Crippen LogP contribution in [0.5, 0.6) is 0 Å². The van der Waals surface area contributed by atoms with Crippen molar-refractivity contribution in [3.8, 4) is 0 Å². The number of aliphatic hydroxyl groups is 1. The molecule has 0 amide bonds. The molecule has 2 aliphatic rings. The standard InChI is InChI=1S/C14H24N4O/c1-17-7-3-2-4-12(17)8-14-16-15-13-6-5-11(10-19)9-18(13)14/h11-12,19H,2-10H2,1H3. The van der Waals surface area contributed by atoms with Gasteiger partial charge in [-0.05, 0) is 32.9 Å². The number of nitrogens with zero attached hydrogens (tertiary/aromatic N) is 4. The monoisotopic (exact) mass is 264 g/mol. The molecule has 1 aromatic heterocycles. The highest BCUT2D eigenvalue weighted by Gasteiger charge is 2.26. The molecule has 0 aromatic carbocycles. The summed E-state index contributed by atoms with van der Waals surface area (Å²) in [5.74, 6) is 2.61. The van der Waals surface area contributed by atoms with Gasteiger partial charge in [-0.3, -0.25) is 0 Å². The van der Waals surface area contributed by atoms with Crippen LogP contribution in [0.4, 0.5) is 0 Å². The van der Waals surface area contributed by atoms with E-state index in [4.69, 9.17) is 0 Å². The van der Waals surface area contributed by atoms with E-state index >= 15 is 0 Å². The lowest BCUT2D eigenvalue weighted by Crippen LogP contribution is -2.38. The van der Waals surface area contributed by atoms with Gasteiger partial charge in [-0.25, -0.2) is 0 Å². The molecule has 0 aliphatic carbocycles. The molecule has 0 saturated carbocycles. The van der Waals surface area contributed by atoms with E-state index in [0.717, 1.165) is 37.5 Å². The van der Waals surface area contributed by atoms with Gasteiger partial charge in [0.05, 0.1) is 0 Å². The highest BCUT2D eigenvalue weighted by Crippen LogP contribution is 2.23. The van der Waals surface area contributed by atoms with Crippen LogP contribution in [0, 0.1) is 5.92 Å². The number of piperidine rings is 1. The number of likely N-dealkylation sites (N-methyl/N-ethyl adjacent to an activating group) is 1. The molecular formula is C14H24N4O. The molecule has 106 valence electrons. The minimum absolute atomic E-state index is 0.278. The van der Waals surface area contributed by atoms with Gasteiger partial charge in [0, 0.05) is 38.0 Å². The molecular weight excluding hydrogens is 240 g/mol. The Morgan fingerprint density at radius 3 is 2.95 bits per heavy atom. The Labute approximate surface area is 114 Å². The zero-order chi connectivity index (χ0) is 13.2. The Kier molecular flexibility index (Phi) is 3.84. The Morgan fingerprint density at radius 2 is 2.16 bits per heavy atom. The van der Waals surface area contributed by atoms with Crippen LogP contribution in [0.1, 0.15) is 37.3 Å². The lowest BCUT2D eigenvalue weighted by Gasteiger charge is -2.32. The van der Waals surface area contributed by atoms with Gasteiger partial charge < -0.3 is 14.6 Å². The van der Waals surface area contributed by atoms with E-state index in [1.54, 1.807) is 0 Å². The Hall–Kier alpha value is -0.940. The molecule has 5 nitrogen and oxygen atoms in total. The number of aliphatic hydroxyl groups excluding tert-OH is 1. The van der Waals surface area contributed by atoms with Crippen molar-refractivity contribution in [3.05, 3.63) is 11.6 Å². The predicted molar refractivity (Wildman–Crippen MR) is 72.9 cm³/mol. The normalized spacial score (nSPS) is 28.3. The van der Waals surface area contributed by atoms with Gasteiger partial charge in [0.15, 0.2) is 0 Å². The van der Waals surface area contributed by atoms with Gasteiger partial charge in [0.2, 0.25) is 0 Å². The second kappa shape index (κ2) is 5.59. The number of fused-ring (bicyclic) bond motifs is 1. The first kappa shape index (κ1) is 13.1. The first-order valence-electron chi connectivity index (χ1n) is 7.50. The molecule has 19 heavy (non-hydrogen) atoms. The fourth-order valence-corrected chi connectivity index (χ4v) is 3.36. The maximum absolute atomic E-state index is 9.35. The first-order chi connectivity index (χ1) is 9.28. The van der Waals surface area contributed by atoms with Crippen molar-refractivity contribution in [2.75, 3.05) is 20.2 Å². The first-order valence-corrected chi connectivity index (χ1v) is 7.50. The Balaban J connectivity index is 1.73. The molecule has 2 unspecified atom stereocenters. The van der Waals surface area contributed by atoms with Crippen LogP contribution in [0.3, 0.4) is 0 Å². The second-order valence-corrected chi connectivity index (χ2v) is 6.06. The highest BCUT2D eigenvalue weighted by atomic mass is 16.3. The molecule has 1 saturated heterocycles. The smallest absolute Gasteiger partial charge is 0.134 e. The van der Waals surface area contributed by atoms with Crippen LogP contribution in [-0.4, -0.2) is 51.0 Å². The Morgan fingerprint density at radius 1 is 1.26 bits per heavy atom. The van der Waals surface area contributed by atoms with Crippen molar-refractivity contribution >= 4 is 0 Å². The van der Waals surface area contributed by atoms with E-state index in [0.29, 0.717) is 12.0 Å². The van der Waals surface area contributed by atoms with E-state index in [1.807, 2.05) is 0 Å². The summed E-state index contributed by atoms with van der Waals surface area (Å²) in [4.78, 5) is 2.46. The lowest BCUT2D eigenvalue weighted by atomic mass is 9.98. The molecule has 3 heterocycles. The van der Waals surface area contributed by atoms with Crippen LogP contribution in [-0.2, 0) is 19.4 Å². The maximum Gasteiger partial charge on any atom is 0.134 e. The van der Waals surface area contributed by atoms with Gasteiger partial charge >= 0.3 is 0 Å². The minimum atomic E-state index is 0.278. The quantitative estimate of drug-likeness (QED) is 0.880. The van der Waals surface area contributed by atoms with E-state index in [-0.39, 0.29) is 6.61 Å². The number of aryl methyl sites for hydroxylation is 1. The third-order valence-electron chi connectivity index (χ3n) is 4.72. The molecule has 1 aromatic rings. The third kappa shape index (κ3) is 2.67. The summed E-state index contributed by atoms with van der Waals surface area (Å²) in [6.45, 7) is 2.37. The van der Waals surface area contributed by atoms with Crippen LogP contribution in [0.15, 0.2) is 0 Å². The average Bonchev–Trinajstić information content (AvgIpc) is 2.84. The number of rotatable bonds is 3. The summed E-state index contributed by atoms with van der Waals surface area (Å²) in [5, 5.41) is 18.1. The van der Waals surface area contributed by atoms with Gasteiger partial charge in [-0.15, -0.1) is 10.2 Å². The number of aromatic nitrogens is 3. The van der Waals surface area contributed by atoms with E-state index in [1.165, 1.54) is 25.8 Å². The van der Waals surface area contributed by atoms with Crippen molar-refractivity contribution in [2.45, 2.75) is 51.1 Å². The van der Waals surface area contributed by atoms with Gasteiger partial charge in [-0.1, -0.05) is 6.42 Å². The zero-order valence-corrected chi connectivity index (χ0v) is 11.8. The molecule has 1 fully saturated rings. The van der Waals surface area contributed by atoms with Gasteiger partial charge in [0.25, 0.3) is 0 Å². The molecule has 2 atom stereocenters. The summed E-state index contributed by atoms with van der Waals surface area (Å²) in [5.41, 5.74) is 0. The second-order valence-electron chi connectivity index (χ2n) is 6.06. The van der Waals surface area contributed by atoms with Gasteiger partial charge in [0.1, 0.15) is 11.6 Å².